The summed E-state index contributed by atoms with van der Waals surface area (Å²) in [6.45, 7) is 1.42. The summed E-state index contributed by atoms with van der Waals surface area (Å²) < 4.78 is 40.0. The maximum Gasteiger partial charge on any atom is 0.416 e. The quantitative estimate of drug-likeness (QED) is 0.878. The number of halogens is 3. The predicted octanol–water partition coefficient (Wildman–Crippen LogP) is 3.84. The van der Waals surface area contributed by atoms with Crippen molar-refractivity contribution in [1.82, 2.24) is 10.6 Å². The van der Waals surface area contributed by atoms with Gasteiger partial charge in [-0.15, -0.1) is 0 Å². The molecule has 2 N–H and O–H groups in total. The van der Waals surface area contributed by atoms with Gasteiger partial charge in [0.15, 0.2) is 0 Å². The largest absolute Gasteiger partial charge is 0.416 e. The molecule has 3 nitrogen and oxygen atoms in total. The number of rotatable bonds is 3. The van der Waals surface area contributed by atoms with E-state index in [1.54, 1.807) is 0 Å². The van der Waals surface area contributed by atoms with Gasteiger partial charge in [0.25, 0.3) is 5.91 Å². The van der Waals surface area contributed by atoms with Gasteiger partial charge in [0, 0.05) is 11.6 Å². The average molecular weight is 340 g/mol. The van der Waals surface area contributed by atoms with E-state index < -0.39 is 11.7 Å². The lowest BCUT2D eigenvalue weighted by Gasteiger charge is -2.26. The van der Waals surface area contributed by atoms with Gasteiger partial charge in [-0.3, -0.25) is 4.79 Å². The predicted molar refractivity (Wildman–Crippen MR) is 86.0 cm³/mol. The first kappa shape index (κ1) is 17.3. The molecule has 132 valence electrons. The van der Waals surface area contributed by atoms with Crippen LogP contribution in [0.15, 0.2) is 18.2 Å². The second-order valence-electron chi connectivity index (χ2n) is 6.78. The minimum atomic E-state index is -4.39. The number of amides is 1. The van der Waals surface area contributed by atoms with Crippen LogP contribution in [0.5, 0.6) is 0 Å². The molecule has 1 aromatic carbocycles. The summed E-state index contributed by atoms with van der Waals surface area (Å²) in [6, 6.07) is 3.99. The number of hydrogen-bond donors (Lipinski definition) is 2. The van der Waals surface area contributed by atoms with Gasteiger partial charge in [0.05, 0.1) is 5.56 Å². The van der Waals surface area contributed by atoms with E-state index in [1.165, 1.54) is 12.1 Å². The first-order valence-electron chi connectivity index (χ1n) is 8.68. The number of carbonyl (C=O) groups excluding carboxylic acids is 1. The van der Waals surface area contributed by atoms with Crippen molar-refractivity contribution in [3.63, 3.8) is 0 Å². The zero-order valence-corrected chi connectivity index (χ0v) is 13.6. The summed E-state index contributed by atoms with van der Waals surface area (Å²) in [6.07, 6.45) is 1.03. The normalized spacial score (nSPS) is 20.3. The Labute approximate surface area is 140 Å². The molecule has 1 aliphatic heterocycles. The molecule has 1 amide bonds. The Balaban J connectivity index is 1.86. The van der Waals surface area contributed by atoms with Crippen LogP contribution in [0.1, 0.15) is 65.9 Å². The van der Waals surface area contributed by atoms with Crippen molar-refractivity contribution < 1.29 is 18.0 Å². The van der Waals surface area contributed by atoms with Gasteiger partial charge in [-0.1, -0.05) is 12.8 Å². The van der Waals surface area contributed by atoms with E-state index in [1.807, 2.05) is 0 Å². The standard InChI is InChI=1S/C18H23F3N2O/c19-18(20,21)16-6-5-13(17(24)23-14-3-1-2-4-14)11-15(16)12-7-9-22-10-8-12/h5-6,11-12,14,22H,1-4,7-10H2,(H,23,24). The third-order valence-corrected chi connectivity index (χ3v) is 5.09. The van der Waals surface area contributed by atoms with Crippen LogP contribution in [-0.2, 0) is 6.18 Å². The van der Waals surface area contributed by atoms with E-state index in [4.69, 9.17) is 0 Å². The van der Waals surface area contributed by atoms with Gasteiger partial charge in [-0.05, 0) is 68.5 Å². The maximum atomic E-state index is 13.3. The Morgan fingerprint density at radius 3 is 2.38 bits per heavy atom. The van der Waals surface area contributed by atoms with E-state index in [0.29, 0.717) is 31.5 Å². The van der Waals surface area contributed by atoms with Crippen molar-refractivity contribution in [2.75, 3.05) is 13.1 Å². The number of piperidine rings is 1. The monoisotopic (exact) mass is 340 g/mol. The summed E-state index contributed by atoms with van der Waals surface area (Å²) in [7, 11) is 0. The number of nitrogens with one attached hydrogen (secondary N) is 2. The molecule has 1 saturated carbocycles. The number of benzene rings is 1. The molecule has 2 aliphatic rings. The fraction of sp³-hybridized carbons (Fsp3) is 0.611. The zero-order valence-electron chi connectivity index (χ0n) is 13.6. The SMILES string of the molecule is O=C(NC1CCCC1)c1ccc(C(F)(F)F)c(C2CCNCC2)c1. The lowest BCUT2D eigenvalue weighted by atomic mass is 9.85. The third-order valence-electron chi connectivity index (χ3n) is 5.09. The van der Waals surface area contributed by atoms with Crippen molar-refractivity contribution in [1.29, 1.82) is 0 Å². The lowest BCUT2D eigenvalue weighted by Crippen LogP contribution is -2.33. The average Bonchev–Trinajstić information content (AvgIpc) is 3.07. The summed E-state index contributed by atoms with van der Waals surface area (Å²) in [5.41, 5.74) is -0.00155. The van der Waals surface area contributed by atoms with Crippen LogP contribution in [0.4, 0.5) is 13.2 Å². The first-order valence-corrected chi connectivity index (χ1v) is 8.68. The van der Waals surface area contributed by atoms with E-state index >= 15 is 0 Å². The molecule has 2 fully saturated rings. The van der Waals surface area contributed by atoms with Crippen molar-refractivity contribution in [3.05, 3.63) is 34.9 Å². The van der Waals surface area contributed by atoms with Gasteiger partial charge >= 0.3 is 6.18 Å². The summed E-state index contributed by atoms with van der Waals surface area (Å²) in [5, 5.41) is 6.12. The van der Waals surface area contributed by atoms with Crippen LogP contribution in [0.2, 0.25) is 0 Å². The molecule has 0 atom stereocenters. The Morgan fingerprint density at radius 1 is 1.08 bits per heavy atom. The van der Waals surface area contributed by atoms with E-state index in [-0.39, 0.29) is 23.4 Å². The second-order valence-corrected chi connectivity index (χ2v) is 6.78. The fourth-order valence-electron chi connectivity index (χ4n) is 3.77. The smallest absolute Gasteiger partial charge is 0.349 e. The molecule has 6 heteroatoms. The van der Waals surface area contributed by atoms with Crippen LogP contribution >= 0.6 is 0 Å². The first-order chi connectivity index (χ1) is 11.4. The third kappa shape index (κ3) is 3.91. The minimum absolute atomic E-state index is 0.151. The molecule has 0 spiro atoms. The van der Waals surface area contributed by atoms with E-state index in [0.717, 1.165) is 31.7 Å². The highest BCUT2D eigenvalue weighted by molar-refractivity contribution is 5.94. The summed E-state index contributed by atoms with van der Waals surface area (Å²) in [5.74, 6) is -0.409. The number of carbonyl (C=O) groups is 1. The zero-order chi connectivity index (χ0) is 17.2. The summed E-state index contributed by atoms with van der Waals surface area (Å²) in [4.78, 5) is 12.4. The van der Waals surface area contributed by atoms with Crippen molar-refractivity contribution in [2.24, 2.45) is 0 Å². The molecule has 1 heterocycles. The molecule has 1 aromatic rings. The Kier molecular flexibility index (Phi) is 5.13. The Morgan fingerprint density at radius 2 is 1.75 bits per heavy atom. The molecule has 0 radical (unpaired) electrons. The van der Waals surface area contributed by atoms with E-state index in [9.17, 15) is 18.0 Å². The molecule has 0 bridgehead atoms. The maximum absolute atomic E-state index is 13.3. The van der Waals surface area contributed by atoms with Crippen LogP contribution in [0.3, 0.4) is 0 Å². The van der Waals surface area contributed by atoms with Crippen LogP contribution in [-0.4, -0.2) is 25.0 Å². The van der Waals surface area contributed by atoms with Crippen molar-refractivity contribution >= 4 is 5.91 Å². The second kappa shape index (κ2) is 7.13. The van der Waals surface area contributed by atoms with Gasteiger partial charge < -0.3 is 10.6 Å². The van der Waals surface area contributed by atoms with E-state index in [2.05, 4.69) is 10.6 Å². The fourth-order valence-corrected chi connectivity index (χ4v) is 3.77. The molecule has 0 aromatic heterocycles. The van der Waals surface area contributed by atoms with Gasteiger partial charge in [-0.25, -0.2) is 0 Å². The van der Waals surface area contributed by atoms with Crippen LogP contribution < -0.4 is 10.6 Å². The van der Waals surface area contributed by atoms with Gasteiger partial charge in [0.2, 0.25) is 0 Å². The minimum Gasteiger partial charge on any atom is -0.349 e. The molecule has 24 heavy (non-hydrogen) atoms. The number of hydrogen-bond acceptors (Lipinski definition) is 2. The number of alkyl halides is 3. The lowest BCUT2D eigenvalue weighted by molar-refractivity contribution is -0.138. The molecule has 3 rings (SSSR count). The van der Waals surface area contributed by atoms with Crippen molar-refractivity contribution in [3.8, 4) is 0 Å². The van der Waals surface area contributed by atoms with Crippen LogP contribution in [0.25, 0.3) is 0 Å². The van der Waals surface area contributed by atoms with Crippen molar-refractivity contribution in [2.45, 2.75) is 56.7 Å². The molecular weight excluding hydrogens is 317 g/mol. The molecule has 1 saturated heterocycles. The van der Waals surface area contributed by atoms with Gasteiger partial charge in [-0.2, -0.15) is 13.2 Å². The Bertz CT molecular complexity index is 588. The Hall–Kier alpha value is -1.56. The van der Waals surface area contributed by atoms with Crippen LogP contribution in [0, 0.1) is 0 Å². The van der Waals surface area contributed by atoms with Gasteiger partial charge in [0.1, 0.15) is 0 Å². The highest BCUT2D eigenvalue weighted by Crippen LogP contribution is 2.38. The summed E-state index contributed by atoms with van der Waals surface area (Å²) >= 11 is 0. The molecule has 1 aliphatic carbocycles. The highest BCUT2D eigenvalue weighted by atomic mass is 19.4. The molecule has 0 unspecified atom stereocenters. The highest BCUT2D eigenvalue weighted by Gasteiger charge is 2.36. The topological polar surface area (TPSA) is 41.1 Å². The molecular formula is C18H23F3N2O.